The Morgan fingerprint density at radius 1 is 1.33 bits per heavy atom. The first-order chi connectivity index (χ1) is 8.63. The average molecular weight is 261 g/mol. The summed E-state index contributed by atoms with van der Waals surface area (Å²) in [5.41, 5.74) is 2.18. The monoisotopic (exact) mass is 261 g/mol. The fourth-order valence-corrected chi connectivity index (χ4v) is 2.60. The van der Waals surface area contributed by atoms with Crippen molar-refractivity contribution >= 4 is 23.4 Å². The molecule has 0 bridgehead atoms. The van der Waals surface area contributed by atoms with Gasteiger partial charge in [0.2, 0.25) is 0 Å². The van der Waals surface area contributed by atoms with E-state index >= 15 is 0 Å². The van der Waals surface area contributed by atoms with Gasteiger partial charge in [-0.25, -0.2) is 0 Å². The van der Waals surface area contributed by atoms with Crippen molar-refractivity contribution in [1.82, 2.24) is 9.78 Å². The smallest absolute Gasteiger partial charge is 0.260 e. The molecule has 2 rings (SSSR count). The van der Waals surface area contributed by atoms with Gasteiger partial charge in [0.05, 0.1) is 11.3 Å². The molecule has 0 radical (unpaired) electrons. The van der Waals surface area contributed by atoms with E-state index in [-0.39, 0.29) is 5.91 Å². The molecule has 0 saturated heterocycles. The van der Waals surface area contributed by atoms with Crippen LogP contribution in [-0.4, -0.2) is 21.9 Å². The van der Waals surface area contributed by atoms with E-state index in [0.717, 1.165) is 16.4 Å². The highest BCUT2D eigenvalue weighted by molar-refractivity contribution is 7.98. The molecular formula is C13H15N3OS. The summed E-state index contributed by atoms with van der Waals surface area (Å²) in [5.74, 6) is -0.115. The Hall–Kier alpha value is -1.75. The van der Waals surface area contributed by atoms with Gasteiger partial charge in [-0.05, 0) is 25.3 Å². The van der Waals surface area contributed by atoms with Crippen molar-refractivity contribution in [3.05, 3.63) is 41.6 Å². The third kappa shape index (κ3) is 2.41. The lowest BCUT2D eigenvalue weighted by atomic mass is 10.2. The average Bonchev–Trinajstić information content (AvgIpc) is 2.64. The molecule has 5 heteroatoms. The van der Waals surface area contributed by atoms with Gasteiger partial charge in [-0.3, -0.25) is 9.48 Å². The second kappa shape index (κ2) is 5.27. The summed E-state index contributed by atoms with van der Waals surface area (Å²) in [6, 6.07) is 9.42. The minimum Gasteiger partial charge on any atom is -0.322 e. The molecule has 18 heavy (non-hydrogen) atoms. The third-order valence-corrected chi connectivity index (χ3v) is 3.48. The number of nitrogens with zero attached hydrogens (tertiary/aromatic N) is 2. The van der Waals surface area contributed by atoms with Crippen LogP contribution in [0.4, 0.5) is 5.69 Å². The SMILES string of the molecule is CSc1c(C(=O)Nc2ccccc2)c(C)nn1C. The van der Waals surface area contributed by atoms with Crippen LogP contribution in [0.3, 0.4) is 0 Å². The van der Waals surface area contributed by atoms with Gasteiger partial charge in [0, 0.05) is 12.7 Å². The predicted molar refractivity (Wildman–Crippen MR) is 74.1 cm³/mol. The normalized spacial score (nSPS) is 10.4. The number of carbonyl (C=O) groups excluding carboxylic acids is 1. The summed E-state index contributed by atoms with van der Waals surface area (Å²) in [5, 5.41) is 8.04. The van der Waals surface area contributed by atoms with Crippen LogP contribution in [0.25, 0.3) is 0 Å². The molecule has 4 nitrogen and oxygen atoms in total. The van der Waals surface area contributed by atoms with E-state index in [4.69, 9.17) is 0 Å². The number of amides is 1. The van der Waals surface area contributed by atoms with Crippen LogP contribution in [-0.2, 0) is 7.05 Å². The number of rotatable bonds is 3. The van der Waals surface area contributed by atoms with Crippen LogP contribution in [0.2, 0.25) is 0 Å². The third-order valence-electron chi connectivity index (χ3n) is 2.62. The molecule has 1 aromatic heterocycles. The molecule has 2 aromatic rings. The Morgan fingerprint density at radius 3 is 2.61 bits per heavy atom. The minimum atomic E-state index is -0.115. The highest BCUT2D eigenvalue weighted by Crippen LogP contribution is 2.23. The van der Waals surface area contributed by atoms with E-state index in [1.165, 1.54) is 11.8 Å². The largest absolute Gasteiger partial charge is 0.322 e. The van der Waals surface area contributed by atoms with Crippen LogP contribution in [0.1, 0.15) is 16.1 Å². The van der Waals surface area contributed by atoms with Crippen molar-refractivity contribution in [3.63, 3.8) is 0 Å². The molecule has 1 heterocycles. The van der Waals surface area contributed by atoms with E-state index < -0.39 is 0 Å². The van der Waals surface area contributed by atoms with Crippen molar-refractivity contribution in [1.29, 1.82) is 0 Å². The molecule has 0 spiro atoms. The zero-order chi connectivity index (χ0) is 13.1. The summed E-state index contributed by atoms with van der Waals surface area (Å²) in [6.45, 7) is 1.85. The van der Waals surface area contributed by atoms with Crippen LogP contribution < -0.4 is 5.32 Å². The lowest BCUT2D eigenvalue weighted by Gasteiger charge is -2.06. The molecule has 94 valence electrons. The van der Waals surface area contributed by atoms with Crippen molar-refractivity contribution in [2.75, 3.05) is 11.6 Å². The lowest BCUT2D eigenvalue weighted by molar-refractivity contribution is 0.102. The van der Waals surface area contributed by atoms with Crippen LogP contribution in [0, 0.1) is 6.92 Å². The highest BCUT2D eigenvalue weighted by Gasteiger charge is 2.19. The number of hydrogen-bond acceptors (Lipinski definition) is 3. The Labute approximate surface area is 110 Å². The second-order valence-corrected chi connectivity index (χ2v) is 4.71. The van der Waals surface area contributed by atoms with Crippen molar-refractivity contribution in [3.8, 4) is 0 Å². The van der Waals surface area contributed by atoms with Gasteiger partial charge in [-0.15, -0.1) is 11.8 Å². The maximum Gasteiger partial charge on any atom is 0.260 e. The first-order valence-corrected chi connectivity index (χ1v) is 6.80. The highest BCUT2D eigenvalue weighted by atomic mass is 32.2. The van der Waals surface area contributed by atoms with E-state index in [9.17, 15) is 4.79 Å². The topological polar surface area (TPSA) is 46.9 Å². The van der Waals surface area contributed by atoms with E-state index in [2.05, 4.69) is 10.4 Å². The number of nitrogens with one attached hydrogen (secondary N) is 1. The summed E-state index contributed by atoms with van der Waals surface area (Å²) >= 11 is 1.52. The van der Waals surface area contributed by atoms with Crippen molar-refractivity contribution in [2.45, 2.75) is 11.9 Å². The summed E-state index contributed by atoms with van der Waals surface area (Å²) in [7, 11) is 1.85. The quantitative estimate of drug-likeness (QED) is 0.864. The number of aromatic nitrogens is 2. The number of hydrogen-bond donors (Lipinski definition) is 1. The lowest BCUT2D eigenvalue weighted by Crippen LogP contribution is -2.13. The summed E-state index contributed by atoms with van der Waals surface area (Å²) in [4.78, 5) is 12.3. The predicted octanol–water partition coefficient (Wildman–Crippen LogP) is 2.70. The molecule has 0 aliphatic rings. The Morgan fingerprint density at radius 2 is 2.00 bits per heavy atom. The minimum absolute atomic E-state index is 0.115. The fraction of sp³-hybridized carbons (Fsp3) is 0.231. The van der Waals surface area contributed by atoms with Gasteiger partial charge < -0.3 is 5.32 Å². The standard InChI is InChI=1S/C13H15N3OS/c1-9-11(13(18-3)16(2)15-9)12(17)14-10-7-5-4-6-8-10/h4-8H,1-3H3,(H,14,17). The van der Waals surface area contributed by atoms with Crippen molar-refractivity contribution < 1.29 is 4.79 Å². The Kier molecular flexibility index (Phi) is 3.72. The maximum atomic E-state index is 12.3. The number of aryl methyl sites for hydroxylation is 2. The van der Waals surface area contributed by atoms with E-state index in [1.807, 2.05) is 50.6 Å². The first-order valence-electron chi connectivity index (χ1n) is 5.57. The molecule has 1 N–H and O–H groups in total. The van der Waals surface area contributed by atoms with Crippen LogP contribution >= 0.6 is 11.8 Å². The molecule has 0 aliphatic heterocycles. The van der Waals surface area contributed by atoms with Gasteiger partial charge in [-0.1, -0.05) is 18.2 Å². The Balaban J connectivity index is 2.29. The number of carbonyl (C=O) groups is 1. The zero-order valence-electron chi connectivity index (χ0n) is 10.6. The van der Waals surface area contributed by atoms with Gasteiger partial charge in [-0.2, -0.15) is 5.10 Å². The van der Waals surface area contributed by atoms with Gasteiger partial charge in [0.15, 0.2) is 0 Å². The van der Waals surface area contributed by atoms with Crippen LogP contribution in [0.5, 0.6) is 0 Å². The van der Waals surface area contributed by atoms with Gasteiger partial charge >= 0.3 is 0 Å². The molecule has 0 saturated carbocycles. The molecule has 1 amide bonds. The number of thioether (sulfide) groups is 1. The molecule has 0 atom stereocenters. The molecular weight excluding hydrogens is 246 g/mol. The van der Waals surface area contributed by atoms with E-state index in [1.54, 1.807) is 4.68 Å². The molecule has 0 fully saturated rings. The van der Waals surface area contributed by atoms with E-state index in [0.29, 0.717) is 5.56 Å². The van der Waals surface area contributed by atoms with Gasteiger partial charge in [0.1, 0.15) is 5.03 Å². The number of anilines is 1. The van der Waals surface area contributed by atoms with Crippen molar-refractivity contribution in [2.24, 2.45) is 7.05 Å². The zero-order valence-corrected chi connectivity index (χ0v) is 11.4. The molecule has 0 aliphatic carbocycles. The van der Waals surface area contributed by atoms with Crippen LogP contribution in [0.15, 0.2) is 35.4 Å². The van der Waals surface area contributed by atoms with Gasteiger partial charge in [0.25, 0.3) is 5.91 Å². The first kappa shape index (κ1) is 12.7. The fourth-order valence-electron chi connectivity index (χ4n) is 1.85. The molecule has 0 unspecified atom stereocenters. The number of para-hydroxylation sites is 1. The Bertz CT molecular complexity index is 563. The summed E-state index contributed by atoms with van der Waals surface area (Å²) in [6.07, 6.45) is 1.94. The number of benzene rings is 1. The second-order valence-electron chi connectivity index (χ2n) is 3.91. The maximum absolute atomic E-state index is 12.3. The molecule has 1 aromatic carbocycles. The summed E-state index contributed by atoms with van der Waals surface area (Å²) < 4.78 is 1.74.